The highest BCUT2D eigenvalue weighted by Crippen LogP contribution is 2.49. The van der Waals surface area contributed by atoms with Crippen LogP contribution in [-0.4, -0.2) is 17.9 Å². The summed E-state index contributed by atoms with van der Waals surface area (Å²) in [5.41, 5.74) is 5.27. The SMILES string of the molecule is CSc1sc(C)cc1[C@H]1C(C(=O)Nc2cccc(F)c2)=C(C)NC2=C1C(=O)C[C@@H](c1ccccc1)C2. The average Bonchev–Trinajstić information content (AvgIpc) is 3.23. The molecule has 0 radical (unpaired) electrons. The van der Waals surface area contributed by atoms with Gasteiger partial charge in [0.05, 0.1) is 4.21 Å². The number of thiophene rings is 1. The van der Waals surface area contributed by atoms with E-state index in [1.807, 2.05) is 38.3 Å². The summed E-state index contributed by atoms with van der Waals surface area (Å²) in [4.78, 5) is 28.6. The number of anilines is 1. The second-order valence-corrected chi connectivity index (χ2v) is 11.5. The number of benzene rings is 2. The number of halogens is 1. The van der Waals surface area contributed by atoms with Gasteiger partial charge in [-0.2, -0.15) is 0 Å². The van der Waals surface area contributed by atoms with Gasteiger partial charge in [0.2, 0.25) is 0 Å². The summed E-state index contributed by atoms with van der Waals surface area (Å²) in [5.74, 6) is -1.09. The van der Waals surface area contributed by atoms with Crippen molar-refractivity contribution in [2.45, 2.75) is 42.7 Å². The Hall–Kier alpha value is -3.16. The van der Waals surface area contributed by atoms with Crippen molar-refractivity contribution in [1.82, 2.24) is 5.32 Å². The predicted octanol–water partition coefficient (Wildman–Crippen LogP) is 6.92. The number of dihydropyridines is 1. The highest BCUT2D eigenvalue weighted by molar-refractivity contribution is 8.00. The van der Waals surface area contributed by atoms with Crippen LogP contribution in [0.3, 0.4) is 0 Å². The zero-order valence-electron chi connectivity index (χ0n) is 20.4. The number of ketones is 1. The van der Waals surface area contributed by atoms with E-state index in [1.54, 1.807) is 35.2 Å². The molecule has 0 bridgehead atoms. The van der Waals surface area contributed by atoms with Gasteiger partial charge >= 0.3 is 0 Å². The Balaban J connectivity index is 1.59. The van der Waals surface area contributed by atoms with E-state index in [9.17, 15) is 14.0 Å². The molecule has 5 rings (SSSR count). The molecule has 184 valence electrons. The lowest BCUT2D eigenvalue weighted by Crippen LogP contribution is -2.37. The van der Waals surface area contributed by atoms with Gasteiger partial charge in [0.25, 0.3) is 5.91 Å². The Morgan fingerprint density at radius 1 is 1.08 bits per heavy atom. The highest BCUT2D eigenvalue weighted by atomic mass is 32.2. The Labute approximate surface area is 218 Å². The maximum Gasteiger partial charge on any atom is 0.254 e. The third-order valence-electron chi connectivity index (χ3n) is 6.77. The van der Waals surface area contributed by atoms with E-state index >= 15 is 0 Å². The van der Waals surface area contributed by atoms with E-state index < -0.39 is 11.7 Å². The summed E-state index contributed by atoms with van der Waals surface area (Å²) in [6.45, 7) is 3.92. The first-order valence-corrected chi connectivity index (χ1v) is 13.9. The lowest BCUT2D eigenvalue weighted by Gasteiger charge is -2.37. The van der Waals surface area contributed by atoms with Crippen molar-refractivity contribution in [2.75, 3.05) is 11.6 Å². The molecule has 7 heteroatoms. The molecule has 2 aliphatic rings. The van der Waals surface area contributed by atoms with Crippen LogP contribution in [0.1, 0.15) is 47.6 Å². The molecule has 0 fully saturated rings. The van der Waals surface area contributed by atoms with Crippen LogP contribution in [0.5, 0.6) is 0 Å². The van der Waals surface area contributed by atoms with Crippen LogP contribution in [0.2, 0.25) is 0 Å². The van der Waals surface area contributed by atoms with Crippen LogP contribution < -0.4 is 10.6 Å². The minimum atomic E-state index is -0.480. The lowest BCUT2D eigenvalue weighted by molar-refractivity contribution is -0.116. The van der Waals surface area contributed by atoms with Gasteiger partial charge in [0.1, 0.15) is 5.82 Å². The first kappa shape index (κ1) is 24.5. The van der Waals surface area contributed by atoms with Crippen molar-refractivity contribution >= 4 is 40.5 Å². The van der Waals surface area contributed by atoms with E-state index in [-0.39, 0.29) is 17.6 Å². The molecule has 2 atom stereocenters. The molecule has 1 aliphatic carbocycles. The Morgan fingerprint density at radius 2 is 1.86 bits per heavy atom. The molecule has 0 saturated carbocycles. The molecule has 36 heavy (non-hydrogen) atoms. The largest absolute Gasteiger partial charge is 0.362 e. The van der Waals surface area contributed by atoms with Gasteiger partial charge in [-0.15, -0.1) is 23.1 Å². The van der Waals surface area contributed by atoms with Crippen LogP contribution in [0.15, 0.2) is 87.4 Å². The molecule has 0 spiro atoms. The maximum absolute atomic E-state index is 13.8. The molecule has 0 unspecified atom stereocenters. The molecular formula is C29H27FN2O2S2. The van der Waals surface area contributed by atoms with Crippen LogP contribution in [0.4, 0.5) is 10.1 Å². The van der Waals surface area contributed by atoms with Crippen molar-refractivity contribution in [1.29, 1.82) is 0 Å². The summed E-state index contributed by atoms with van der Waals surface area (Å²) < 4.78 is 14.9. The topological polar surface area (TPSA) is 58.2 Å². The number of nitrogens with one attached hydrogen (secondary N) is 2. The molecule has 4 nitrogen and oxygen atoms in total. The zero-order chi connectivity index (χ0) is 25.4. The lowest BCUT2D eigenvalue weighted by atomic mass is 9.72. The van der Waals surface area contributed by atoms with Gasteiger partial charge in [-0.05, 0) is 67.8 Å². The maximum atomic E-state index is 13.8. The Morgan fingerprint density at radius 3 is 2.58 bits per heavy atom. The molecule has 2 heterocycles. The molecule has 1 amide bonds. The quantitative estimate of drug-likeness (QED) is 0.360. The smallest absolute Gasteiger partial charge is 0.254 e. The van der Waals surface area contributed by atoms with Gasteiger partial charge in [-0.3, -0.25) is 9.59 Å². The normalized spacial score (nSPS) is 19.7. The monoisotopic (exact) mass is 518 g/mol. The molecule has 2 N–H and O–H groups in total. The standard InChI is InChI=1S/C29H27FN2O2S2/c1-16-12-22(29(35-3)36-16)26-25(28(34)32-21-11-7-10-20(30)15-21)17(2)31-23-13-19(14-24(33)27(23)26)18-8-5-4-6-9-18/h4-12,15,19,26,31H,13-14H2,1-3H3,(H,32,34)/t19-,26-/m0/s1. The third-order valence-corrected chi connectivity index (χ3v) is 8.99. The van der Waals surface area contributed by atoms with Gasteiger partial charge in [0, 0.05) is 45.4 Å². The van der Waals surface area contributed by atoms with E-state index in [1.165, 1.54) is 12.1 Å². The Kier molecular flexibility index (Phi) is 6.86. The minimum absolute atomic E-state index is 0.0575. The van der Waals surface area contributed by atoms with Crippen LogP contribution in [0.25, 0.3) is 0 Å². The minimum Gasteiger partial charge on any atom is -0.362 e. The number of carbonyl (C=O) groups is 2. The first-order chi connectivity index (χ1) is 17.4. The second kappa shape index (κ2) is 10.1. The summed E-state index contributed by atoms with van der Waals surface area (Å²) in [7, 11) is 0. The Bertz CT molecular complexity index is 1410. The highest BCUT2D eigenvalue weighted by Gasteiger charge is 2.42. The van der Waals surface area contributed by atoms with E-state index in [4.69, 9.17) is 0 Å². The van der Waals surface area contributed by atoms with Gasteiger partial charge in [0.15, 0.2) is 5.78 Å². The number of hydrogen-bond donors (Lipinski definition) is 2. The average molecular weight is 519 g/mol. The number of thioether (sulfide) groups is 1. The molecule has 0 saturated heterocycles. The first-order valence-electron chi connectivity index (χ1n) is 11.9. The third kappa shape index (κ3) is 4.65. The van der Waals surface area contributed by atoms with E-state index in [0.717, 1.165) is 25.9 Å². The summed E-state index contributed by atoms with van der Waals surface area (Å²) in [6.07, 6.45) is 3.12. The molecule has 3 aromatic rings. The van der Waals surface area contributed by atoms with Gasteiger partial charge < -0.3 is 10.6 Å². The van der Waals surface area contributed by atoms with Gasteiger partial charge in [-0.1, -0.05) is 36.4 Å². The molecule has 1 aliphatic heterocycles. The predicted molar refractivity (Wildman–Crippen MR) is 145 cm³/mol. The van der Waals surface area contributed by atoms with E-state index in [2.05, 4.69) is 28.8 Å². The molecule has 1 aromatic heterocycles. The number of carbonyl (C=O) groups excluding carboxylic acids is 2. The molecular weight excluding hydrogens is 491 g/mol. The van der Waals surface area contributed by atoms with Crippen LogP contribution >= 0.6 is 23.1 Å². The van der Waals surface area contributed by atoms with Crippen molar-refractivity contribution in [3.63, 3.8) is 0 Å². The summed E-state index contributed by atoms with van der Waals surface area (Å²) in [6, 6.07) is 18.1. The number of allylic oxidation sites excluding steroid dienone is 3. The van der Waals surface area contributed by atoms with E-state index in [0.29, 0.717) is 35.4 Å². The number of hydrogen-bond acceptors (Lipinski definition) is 5. The van der Waals surface area contributed by atoms with Crippen molar-refractivity contribution < 1.29 is 14.0 Å². The van der Waals surface area contributed by atoms with Crippen molar-refractivity contribution in [3.05, 3.63) is 105 Å². The second-order valence-electron chi connectivity index (χ2n) is 9.20. The molecule has 2 aromatic carbocycles. The summed E-state index contributed by atoms with van der Waals surface area (Å²) >= 11 is 3.30. The fraction of sp³-hybridized carbons (Fsp3) is 0.241. The number of Topliss-reactive ketones (excluding diaryl/α,β-unsaturated/α-hetero) is 1. The number of aryl methyl sites for hydroxylation is 1. The van der Waals surface area contributed by atoms with Crippen molar-refractivity contribution in [3.8, 4) is 0 Å². The number of amides is 1. The zero-order valence-corrected chi connectivity index (χ0v) is 22.0. The van der Waals surface area contributed by atoms with Crippen LogP contribution in [-0.2, 0) is 9.59 Å². The van der Waals surface area contributed by atoms with Gasteiger partial charge in [-0.25, -0.2) is 4.39 Å². The van der Waals surface area contributed by atoms with Crippen molar-refractivity contribution in [2.24, 2.45) is 0 Å². The fourth-order valence-electron chi connectivity index (χ4n) is 5.25. The van der Waals surface area contributed by atoms with Crippen LogP contribution in [0, 0.1) is 12.7 Å². The number of rotatable bonds is 5. The fourth-order valence-corrected chi connectivity index (χ4v) is 7.16. The summed E-state index contributed by atoms with van der Waals surface area (Å²) in [5, 5.41) is 6.28.